The van der Waals surface area contributed by atoms with Crippen LogP contribution in [0.25, 0.3) is 0 Å². The molecule has 0 unspecified atom stereocenters. The summed E-state index contributed by atoms with van der Waals surface area (Å²) in [6.07, 6.45) is 4.12. The summed E-state index contributed by atoms with van der Waals surface area (Å²) in [5.74, 6) is 0. The maximum Gasteiger partial charge on any atom is 0.0106 e. The number of rotatable bonds is 0. The molecule has 0 fully saturated rings. The maximum absolute atomic E-state index is 2.08. The molecule has 0 aliphatic carbocycles. The monoisotopic (exact) mass is 125 g/mol. The Morgan fingerprint density at radius 2 is 1.89 bits per heavy atom. The van der Waals surface area contributed by atoms with E-state index in [2.05, 4.69) is 19.2 Å². The first kappa shape index (κ1) is 8.28. The van der Waals surface area contributed by atoms with E-state index in [1.54, 1.807) is 0 Å². The highest BCUT2D eigenvalue weighted by Crippen LogP contribution is 1.93. The summed E-state index contributed by atoms with van der Waals surface area (Å²) in [5.41, 5.74) is 1.32. The van der Waals surface area contributed by atoms with Crippen LogP contribution >= 0.6 is 0 Å². The molecule has 0 aliphatic rings. The van der Waals surface area contributed by atoms with Gasteiger partial charge in [0.1, 0.15) is 0 Å². The highest BCUT2D eigenvalue weighted by atomic mass is 14.9. The minimum Gasteiger partial charge on any atom is -0.357 e. The van der Waals surface area contributed by atoms with Crippen LogP contribution < -0.4 is 0 Å². The predicted molar refractivity (Wildman–Crippen MR) is 41.5 cm³/mol. The molecule has 0 saturated carbocycles. The van der Waals surface area contributed by atoms with Crippen molar-refractivity contribution in [2.75, 3.05) is 0 Å². The average Bonchev–Trinajstić information content (AvgIpc) is 2.20. The molecule has 0 spiro atoms. The lowest BCUT2D eigenvalue weighted by Crippen LogP contribution is -1.76. The van der Waals surface area contributed by atoms with Crippen molar-refractivity contribution >= 4 is 0 Å². The number of aromatic nitrogens is 1. The molecule has 0 atom stereocenters. The second-order valence-corrected chi connectivity index (χ2v) is 1.85. The minimum absolute atomic E-state index is 1.32. The fourth-order valence-electron chi connectivity index (χ4n) is 0.642. The summed E-state index contributed by atoms with van der Waals surface area (Å²) in [7, 11) is 2.02. The largest absolute Gasteiger partial charge is 0.357 e. The molecule has 9 heavy (non-hydrogen) atoms. The molecular weight excluding hydrogens is 110 g/mol. The summed E-state index contributed by atoms with van der Waals surface area (Å²) in [5, 5.41) is 0. The Morgan fingerprint density at radius 1 is 1.33 bits per heavy atom. The number of nitrogens with zero attached hydrogens (tertiary/aromatic N) is 1. The minimum atomic E-state index is 1.32. The average molecular weight is 125 g/mol. The molecule has 0 radical (unpaired) electrons. The van der Waals surface area contributed by atoms with Gasteiger partial charge >= 0.3 is 0 Å². The summed E-state index contributed by atoms with van der Waals surface area (Å²) < 4.78 is 2.04. The molecule has 52 valence electrons. The van der Waals surface area contributed by atoms with E-state index in [0.717, 1.165) is 0 Å². The van der Waals surface area contributed by atoms with Crippen molar-refractivity contribution in [2.24, 2.45) is 7.05 Å². The highest BCUT2D eigenvalue weighted by Gasteiger charge is 1.80. The zero-order valence-corrected chi connectivity index (χ0v) is 6.68. The van der Waals surface area contributed by atoms with Gasteiger partial charge in [-0.2, -0.15) is 0 Å². The molecule has 0 amide bonds. The predicted octanol–water partition coefficient (Wildman–Crippen LogP) is 2.36. The molecule has 1 heterocycles. The van der Waals surface area contributed by atoms with Gasteiger partial charge in [0.2, 0.25) is 0 Å². The van der Waals surface area contributed by atoms with Crippen LogP contribution in [0.1, 0.15) is 19.4 Å². The molecule has 1 nitrogen and oxygen atoms in total. The zero-order chi connectivity index (χ0) is 7.28. The van der Waals surface area contributed by atoms with Crippen molar-refractivity contribution in [3.05, 3.63) is 24.0 Å². The van der Waals surface area contributed by atoms with Gasteiger partial charge in [-0.05, 0) is 18.6 Å². The summed E-state index contributed by atoms with van der Waals surface area (Å²) in [4.78, 5) is 0. The van der Waals surface area contributed by atoms with Crippen LogP contribution in [0.5, 0.6) is 0 Å². The fraction of sp³-hybridized carbons (Fsp3) is 0.500. The van der Waals surface area contributed by atoms with Crippen molar-refractivity contribution in [2.45, 2.75) is 20.8 Å². The highest BCUT2D eigenvalue weighted by molar-refractivity contribution is 5.06. The Morgan fingerprint density at radius 3 is 2.00 bits per heavy atom. The second kappa shape index (κ2) is 4.19. The lowest BCUT2D eigenvalue weighted by molar-refractivity contribution is 0.925. The van der Waals surface area contributed by atoms with Crippen molar-refractivity contribution in [1.29, 1.82) is 0 Å². The van der Waals surface area contributed by atoms with Crippen LogP contribution in [0.15, 0.2) is 18.5 Å². The van der Waals surface area contributed by atoms with Gasteiger partial charge < -0.3 is 4.57 Å². The summed E-state index contributed by atoms with van der Waals surface area (Å²) >= 11 is 0. The third-order valence-electron chi connectivity index (χ3n) is 0.980. The summed E-state index contributed by atoms with van der Waals surface area (Å²) in [6, 6.07) is 2.08. The number of hydrogen-bond acceptors (Lipinski definition) is 0. The third-order valence-corrected chi connectivity index (χ3v) is 0.980. The normalized spacial score (nSPS) is 8.00. The molecule has 0 saturated heterocycles. The smallest absolute Gasteiger partial charge is 0.0106 e. The van der Waals surface area contributed by atoms with E-state index in [-0.39, 0.29) is 0 Å². The van der Waals surface area contributed by atoms with E-state index in [1.165, 1.54) is 5.56 Å². The Hall–Kier alpha value is -0.720. The molecule has 1 aromatic heterocycles. The van der Waals surface area contributed by atoms with Crippen molar-refractivity contribution in [1.82, 2.24) is 4.57 Å². The Labute approximate surface area is 57.3 Å². The van der Waals surface area contributed by atoms with Crippen LogP contribution in [0, 0.1) is 6.92 Å². The molecular formula is C8H15N. The SMILES string of the molecule is CC.Cc1ccn(C)c1. The second-order valence-electron chi connectivity index (χ2n) is 1.85. The molecule has 0 aromatic carbocycles. The molecule has 0 aliphatic heterocycles. The molecule has 1 aromatic rings. The van der Waals surface area contributed by atoms with Crippen molar-refractivity contribution in [3.8, 4) is 0 Å². The van der Waals surface area contributed by atoms with Crippen LogP contribution in [0.4, 0.5) is 0 Å². The van der Waals surface area contributed by atoms with Gasteiger partial charge in [-0.15, -0.1) is 0 Å². The zero-order valence-electron chi connectivity index (χ0n) is 6.68. The quantitative estimate of drug-likeness (QED) is 0.501. The van der Waals surface area contributed by atoms with Crippen LogP contribution in [0.3, 0.4) is 0 Å². The van der Waals surface area contributed by atoms with E-state index in [4.69, 9.17) is 0 Å². The van der Waals surface area contributed by atoms with Gasteiger partial charge in [0.25, 0.3) is 0 Å². The van der Waals surface area contributed by atoms with E-state index < -0.39 is 0 Å². The van der Waals surface area contributed by atoms with E-state index in [1.807, 2.05) is 31.7 Å². The fourth-order valence-corrected chi connectivity index (χ4v) is 0.642. The lowest BCUT2D eigenvalue weighted by atomic mass is 10.4. The van der Waals surface area contributed by atoms with E-state index >= 15 is 0 Å². The Bertz CT molecular complexity index is 137. The first-order valence-electron chi connectivity index (χ1n) is 3.37. The topological polar surface area (TPSA) is 4.93 Å². The Balaban J connectivity index is 0.000000291. The third kappa shape index (κ3) is 2.96. The van der Waals surface area contributed by atoms with Gasteiger partial charge in [-0.1, -0.05) is 13.8 Å². The van der Waals surface area contributed by atoms with Crippen LogP contribution in [-0.4, -0.2) is 4.57 Å². The van der Waals surface area contributed by atoms with Crippen LogP contribution in [0.2, 0.25) is 0 Å². The molecule has 1 heteroatoms. The molecule has 0 bridgehead atoms. The first-order chi connectivity index (χ1) is 4.29. The van der Waals surface area contributed by atoms with E-state index in [9.17, 15) is 0 Å². The Kier molecular flexibility index (Phi) is 3.85. The van der Waals surface area contributed by atoms with E-state index in [0.29, 0.717) is 0 Å². The number of aryl methyl sites for hydroxylation is 2. The van der Waals surface area contributed by atoms with Gasteiger partial charge in [-0.3, -0.25) is 0 Å². The summed E-state index contributed by atoms with van der Waals surface area (Å²) in [6.45, 7) is 6.08. The molecule has 1 rings (SSSR count). The maximum atomic E-state index is 2.08. The molecule has 0 N–H and O–H groups in total. The van der Waals surface area contributed by atoms with Crippen molar-refractivity contribution < 1.29 is 0 Å². The standard InChI is InChI=1S/C6H9N.C2H6/c1-6-3-4-7(2)5-6;1-2/h3-5H,1-2H3;1-2H3. The van der Waals surface area contributed by atoms with Gasteiger partial charge in [0.15, 0.2) is 0 Å². The number of hydrogen-bond donors (Lipinski definition) is 0. The van der Waals surface area contributed by atoms with Crippen LogP contribution in [-0.2, 0) is 7.05 Å². The van der Waals surface area contributed by atoms with Gasteiger partial charge in [0.05, 0.1) is 0 Å². The van der Waals surface area contributed by atoms with Crippen molar-refractivity contribution in [3.63, 3.8) is 0 Å². The van der Waals surface area contributed by atoms with Gasteiger partial charge in [0, 0.05) is 19.4 Å². The lowest BCUT2D eigenvalue weighted by Gasteiger charge is -1.80. The first-order valence-corrected chi connectivity index (χ1v) is 3.37. The van der Waals surface area contributed by atoms with Gasteiger partial charge in [-0.25, -0.2) is 0 Å².